The first kappa shape index (κ1) is 12.4. The minimum absolute atomic E-state index is 0.336. The Bertz CT molecular complexity index is 302. The Morgan fingerprint density at radius 1 is 1.38 bits per heavy atom. The van der Waals surface area contributed by atoms with Crippen molar-refractivity contribution in [2.75, 3.05) is 11.9 Å². The van der Waals surface area contributed by atoms with E-state index in [0.717, 1.165) is 11.9 Å². The van der Waals surface area contributed by atoms with Crippen LogP contribution in [0.5, 0.6) is 0 Å². The monoisotopic (exact) mass is 287 g/mol. The zero-order chi connectivity index (χ0) is 12.0. The van der Waals surface area contributed by atoms with Crippen molar-refractivity contribution < 1.29 is 4.79 Å². The maximum Gasteiger partial charge on any atom is 0.223 e. The standard InChI is InChI=1S/C13H22BrNO/c1-12(2)6-10-7-13(3,8-12)9-15(10)11(16)4-5-14/h10H,4-9H2,1-3H3. The number of carbonyl (C=O) groups excluding carboxylic acids is 1. The molecule has 0 aromatic rings. The van der Waals surface area contributed by atoms with E-state index in [-0.39, 0.29) is 0 Å². The average Bonchev–Trinajstić information content (AvgIpc) is 2.35. The van der Waals surface area contributed by atoms with Crippen LogP contribution in [0.1, 0.15) is 46.5 Å². The fraction of sp³-hybridized carbons (Fsp3) is 0.923. The largest absolute Gasteiger partial charge is 0.339 e. The van der Waals surface area contributed by atoms with Gasteiger partial charge in [-0.05, 0) is 30.1 Å². The average molecular weight is 288 g/mol. The molecule has 0 aromatic carbocycles. The summed E-state index contributed by atoms with van der Waals surface area (Å²) >= 11 is 3.36. The molecule has 0 N–H and O–H groups in total. The number of fused-ring (bicyclic) bond motifs is 2. The molecule has 0 spiro atoms. The number of nitrogens with zero attached hydrogens (tertiary/aromatic N) is 1. The van der Waals surface area contributed by atoms with Crippen molar-refractivity contribution in [3.63, 3.8) is 0 Å². The van der Waals surface area contributed by atoms with E-state index >= 15 is 0 Å². The number of hydrogen-bond acceptors (Lipinski definition) is 1. The van der Waals surface area contributed by atoms with E-state index in [0.29, 0.717) is 29.2 Å². The van der Waals surface area contributed by atoms with Gasteiger partial charge in [0.1, 0.15) is 0 Å². The molecule has 3 heteroatoms. The highest BCUT2D eigenvalue weighted by Crippen LogP contribution is 2.52. The maximum absolute atomic E-state index is 12.0. The van der Waals surface area contributed by atoms with E-state index in [1.54, 1.807) is 0 Å². The summed E-state index contributed by atoms with van der Waals surface area (Å²) in [5.74, 6) is 0.336. The SMILES string of the molecule is CC1(C)CC2CC(C)(CN2C(=O)CCBr)C1. The molecular formula is C13H22BrNO. The second kappa shape index (κ2) is 4.01. The molecule has 2 aliphatic rings. The number of rotatable bonds is 2. The Morgan fingerprint density at radius 3 is 2.69 bits per heavy atom. The lowest BCUT2D eigenvalue weighted by Crippen LogP contribution is -2.37. The lowest BCUT2D eigenvalue weighted by molar-refractivity contribution is -0.131. The van der Waals surface area contributed by atoms with Gasteiger partial charge in [-0.2, -0.15) is 0 Å². The second-order valence-corrected chi connectivity index (χ2v) is 7.47. The second-order valence-electron chi connectivity index (χ2n) is 6.67. The minimum Gasteiger partial charge on any atom is -0.339 e. The number of amides is 1. The van der Waals surface area contributed by atoms with Crippen LogP contribution in [0, 0.1) is 10.8 Å². The lowest BCUT2D eigenvalue weighted by Gasteiger charge is -2.39. The summed E-state index contributed by atoms with van der Waals surface area (Å²) in [5, 5.41) is 0.787. The van der Waals surface area contributed by atoms with Crippen molar-refractivity contribution in [3.05, 3.63) is 0 Å². The molecular weight excluding hydrogens is 266 g/mol. The first-order valence-corrected chi connectivity index (χ1v) is 7.33. The fourth-order valence-corrected chi connectivity index (χ4v) is 4.32. The summed E-state index contributed by atoms with van der Waals surface area (Å²) in [6.07, 6.45) is 4.29. The van der Waals surface area contributed by atoms with Crippen molar-refractivity contribution in [1.82, 2.24) is 4.90 Å². The Kier molecular flexibility index (Phi) is 3.11. The van der Waals surface area contributed by atoms with Gasteiger partial charge in [0.15, 0.2) is 0 Å². The number of alkyl halides is 1. The van der Waals surface area contributed by atoms with Gasteiger partial charge in [-0.1, -0.05) is 36.7 Å². The molecule has 1 aliphatic heterocycles. The molecule has 0 aromatic heterocycles. The summed E-state index contributed by atoms with van der Waals surface area (Å²) in [4.78, 5) is 14.2. The molecule has 2 rings (SSSR count). The highest BCUT2D eigenvalue weighted by Gasteiger charge is 2.50. The number of hydrogen-bond donors (Lipinski definition) is 0. The van der Waals surface area contributed by atoms with Gasteiger partial charge < -0.3 is 4.90 Å². The fourth-order valence-electron chi connectivity index (χ4n) is 3.98. The van der Waals surface area contributed by atoms with Gasteiger partial charge in [-0.15, -0.1) is 0 Å². The molecule has 1 saturated carbocycles. The van der Waals surface area contributed by atoms with Crippen LogP contribution in [0.3, 0.4) is 0 Å². The predicted molar refractivity (Wildman–Crippen MR) is 69.7 cm³/mol. The van der Waals surface area contributed by atoms with E-state index in [9.17, 15) is 4.79 Å². The van der Waals surface area contributed by atoms with Gasteiger partial charge >= 0.3 is 0 Å². The first-order valence-electron chi connectivity index (χ1n) is 6.21. The van der Waals surface area contributed by atoms with E-state index in [2.05, 4.69) is 41.6 Å². The number of likely N-dealkylation sites (tertiary alicyclic amines) is 1. The third kappa shape index (κ3) is 2.29. The normalized spacial score (nSPS) is 36.5. The molecule has 1 amide bonds. The Hall–Kier alpha value is -0.0500. The van der Waals surface area contributed by atoms with Crippen LogP contribution in [0.15, 0.2) is 0 Å². The summed E-state index contributed by atoms with van der Waals surface area (Å²) in [5.41, 5.74) is 0.773. The highest BCUT2D eigenvalue weighted by atomic mass is 79.9. The van der Waals surface area contributed by atoms with Gasteiger partial charge in [0.2, 0.25) is 5.91 Å². The Balaban J connectivity index is 2.13. The van der Waals surface area contributed by atoms with E-state index < -0.39 is 0 Å². The quantitative estimate of drug-likeness (QED) is 0.715. The van der Waals surface area contributed by atoms with Gasteiger partial charge in [0.25, 0.3) is 0 Å². The zero-order valence-electron chi connectivity index (χ0n) is 10.6. The van der Waals surface area contributed by atoms with Crippen LogP contribution >= 0.6 is 15.9 Å². The van der Waals surface area contributed by atoms with Crippen LogP contribution in [0.2, 0.25) is 0 Å². The van der Waals surface area contributed by atoms with E-state index in [1.165, 1.54) is 19.3 Å². The molecule has 2 atom stereocenters. The van der Waals surface area contributed by atoms with Crippen LogP contribution in [-0.4, -0.2) is 28.7 Å². The van der Waals surface area contributed by atoms with Crippen LogP contribution in [0.25, 0.3) is 0 Å². The predicted octanol–water partition coefficient (Wildman–Crippen LogP) is 3.20. The van der Waals surface area contributed by atoms with Crippen molar-refractivity contribution in [1.29, 1.82) is 0 Å². The summed E-state index contributed by atoms with van der Waals surface area (Å²) in [7, 11) is 0. The maximum atomic E-state index is 12.0. The third-order valence-corrected chi connectivity index (χ3v) is 4.44. The van der Waals surface area contributed by atoms with Crippen molar-refractivity contribution in [2.45, 2.75) is 52.5 Å². The minimum atomic E-state index is 0.336. The topological polar surface area (TPSA) is 20.3 Å². The smallest absolute Gasteiger partial charge is 0.223 e. The zero-order valence-corrected chi connectivity index (χ0v) is 12.1. The Morgan fingerprint density at radius 2 is 2.06 bits per heavy atom. The van der Waals surface area contributed by atoms with Crippen molar-refractivity contribution >= 4 is 21.8 Å². The van der Waals surface area contributed by atoms with Crippen LogP contribution in [0.4, 0.5) is 0 Å². The van der Waals surface area contributed by atoms with Crippen LogP contribution < -0.4 is 0 Å². The van der Waals surface area contributed by atoms with Gasteiger partial charge in [-0.3, -0.25) is 4.79 Å². The first-order chi connectivity index (χ1) is 7.35. The molecule has 1 saturated heterocycles. The molecule has 1 heterocycles. The van der Waals surface area contributed by atoms with Crippen molar-refractivity contribution in [3.8, 4) is 0 Å². The molecule has 2 unspecified atom stereocenters. The van der Waals surface area contributed by atoms with Gasteiger partial charge in [0.05, 0.1) is 0 Å². The number of halogens is 1. The molecule has 92 valence electrons. The van der Waals surface area contributed by atoms with E-state index in [4.69, 9.17) is 0 Å². The molecule has 2 nitrogen and oxygen atoms in total. The third-order valence-electron chi connectivity index (χ3n) is 4.04. The molecule has 2 fully saturated rings. The highest BCUT2D eigenvalue weighted by molar-refractivity contribution is 9.09. The summed E-state index contributed by atoms with van der Waals surface area (Å²) in [6.45, 7) is 8.01. The van der Waals surface area contributed by atoms with Gasteiger partial charge in [-0.25, -0.2) is 0 Å². The lowest BCUT2D eigenvalue weighted by atomic mass is 9.65. The van der Waals surface area contributed by atoms with Gasteiger partial charge in [0, 0.05) is 24.3 Å². The molecule has 2 bridgehead atoms. The van der Waals surface area contributed by atoms with E-state index in [1.807, 2.05) is 0 Å². The summed E-state index contributed by atoms with van der Waals surface area (Å²) in [6, 6.07) is 0.500. The summed E-state index contributed by atoms with van der Waals surface area (Å²) < 4.78 is 0. The molecule has 16 heavy (non-hydrogen) atoms. The van der Waals surface area contributed by atoms with Crippen molar-refractivity contribution in [2.24, 2.45) is 10.8 Å². The molecule has 1 aliphatic carbocycles. The molecule has 0 radical (unpaired) electrons. The van der Waals surface area contributed by atoms with Crippen LogP contribution in [-0.2, 0) is 4.79 Å². The number of carbonyl (C=O) groups is 1. The Labute approximate surface area is 107 Å².